The highest BCUT2D eigenvalue weighted by Gasteiger charge is 2.13. The summed E-state index contributed by atoms with van der Waals surface area (Å²) in [5.74, 6) is 0.243. The van der Waals surface area contributed by atoms with E-state index in [0.29, 0.717) is 30.3 Å². The maximum Gasteiger partial charge on any atom is 0.228 e. The molecule has 0 spiro atoms. The van der Waals surface area contributed by atoms with Crippen LogP contribution in [0.15, 0.2) is 53.9 Å². The number of amides is 1. The molecule has 1 aromatic heterocycles. The molecule has 2 aromatic carbocycles. The highest BCUT2D eigenvalue weighted by atomic mass is 35.5. The summed E-state index contributed by atoms with van der Waals surface area (Å²) in [5, 5.41) is 3.57. The third kappa shape index (κ3) is 6.04. The third-order valence-electron chi connectivity index (χ3n) is 4.11. The quantitative estimate of drug-likeness (QED) is 0.536. The van der Waals surface area contributed by atoms with Crippen molar-refractivity contribution < 1.29 is 13.9 Å². The number of halogens is 2. The van der Waals surface area contributed by atoms with Crippen LogP contribution < -0.4 is 4.74 Å². The van der Waals surface area contributed by atoms with Gasteiger partial charge in [-0.1, -0.05) is 23.7 Å². The Labute approximate surface area is 172 Å². The second-order valence-electron chi connectivity index (χ2n) is 6.33. The van der Waals surface area contributed by atoms with Crippen molar-refractivity contribution in [3.63, 3.8) is 0 Å². The number of hydrogen-bond acceptors (Lipinski definition) is 4. The van der Waals surface area contributed by atoms with Gasteiger partial charge in [-0.15, -0.1) is 11.3 Å². The van der Waals surface area contributed by atoms with Crippen molar-refractivity contribution in [2.24, 2.45) is 0 Å². The molecule has 146 valence electrons. The second kappa shape index (κ2) is 9.66. The van der Waals surface area contributed by atoms with Crippen molar-refractivity contribution in [2.45, 2.75) is 12.8 Å². The van der Waals surface area contributed by atoms with Crippen LogP contribution in [0.5, 0.6) is 5.75 Å². The van der Waals surface area contributed by atoms with Crippen molar-refractivity contribution >= 4 is 28.8 Å². The van der Waals surface area contributed by atoms with E-state index in [0.717, 1.165) is 16.3 Å². The zero-order chi connectivity index (χ0) is 19.9. The van der Waals surface area contributed by atoms with Gasteiger partial charge in [0, 0.05) is 23.9 Å². The van der Waals surface area contributed by atoms with Gasteiger partial charge in [0.25, 0.3) is 0 Å². The number of aromatic nitrogens is 1. The molecular weight excluding hydrogens is 399 g/mol. The van der Waals surface area contributed by atoms with Gasteiger partial charge in [-0.25, -0.2) is 9.37 Å². The first-order valence-corrected chi connectivity index (χ1v) is 10.1. The van der Waals surface area contributed by atoms with Crippen LogP contribution in [0.2, 0.25) is 5.02 Å². The minimum atomic E-state index is -0.308. The first-order chi connectivity index (χ1) is 13.5. The normalized spacial score (nSPS) is 10.7. The molecule has 0 aliphatic heterocycles. The molecule has 0 fully saturated rings. The Morgan fingerprint density at radius 2 is 2.04 bits per heavy atom. The van der Waals surface area contributed by atoms with E-state index in [2.05, 4.69) is 4.98 Å². The third-order valence-corrected chi connectivity index (χ3v) is 5.24. The molecule has 7 heteroatoms. The van der Waals surface area contributed by atoms with E-state index in [9.17, 15) is 9.18 Å². The average Bonchev–Trinajstić information content (AvgIpc) is 3.10. The van der Waals surface area contributed by atoms with E-state index in [1.165, 1.54) is 23.5 Å². The van der Waals surface area contributed by atoms with E-state index >= 15 is 0 Å². The molecule has 0 atom stereocenters. The highest BCUT2D eigenvalue weighted by molar-refractivity contribution is 7.09. The summed E-state index contributed by atoms with van der Waals surface area (Å²) in [7, 11) is 1.73. The number of hydrogen-bond donors (Lipinski definition) is 0. The van der Waals surface area contributed by atoms with Crippen molar-refractivity contribution in [2.75, 3.05) is 20.2 Å². The Balaban J connectivity index is 1.46. The summed E-state index contributed by atoms with van der Waals surface area (Å²) < 4.78 is 18.4. The van der Waals surface area contributed by atoms with Gasteiger partial charge in [0.1, 0.15) is 18.2 Å². The molecule has 0 saturated carbocycles. The van der Waals surface area contributed by atoms with E-state index in [1.807, 2.05) is 29.6 Å². The summed E-state index contributed by atoms with van der Waals surface area (Å²) in [6.45, 7) is 0.778. The van der Waals surface area contributed by atoms with E-state index < -0.39 is 0 Å². The number of carbonyl (C=O) groups excluding carboxylic acids is 1. The number of benzene rings is 2. The molecule has 0 saturated heterocycles. The van der Waals surface area contributed by atoms with Crippen molar-refractivity contribution in [1.82, 2.24) is 9.88 Å². The highest BCUT2D eigenvalue weighted by Crippen LogP contribution is 2.18. The van der Waals surface area contributed by atoms with Crippen molar-refractivity contribution in [3.05, 3.63) is 81.0 Å². The summed E-state index contributed by atoms with van der Waals surface area (Å²) in [6.07, 6.45) is 0.944. The SMILES string of the molecule is CN(CCOc1ccc(F)cc1)C(=O)Cc1csc(Cc2cccc(Cl)c2)n1. The van der Waals surface area contributed by atoms with Crippen molar-refractivity contribution in [1.29, 1.82) is 0 Å². The fraction of sp³-hybridized carbons (Fsp3) is 0.238. The second-order valence-corrected chi connectivity index (χ2v) is 7.71. The van der Waals surface area contributed by atoms with E-state index in [4.69, 9.17) is 16.3 Å². The zero-order valence-electron chi connectivity index (χ0n) is 15.4. The standard InChI is InChI=1S/C21H20ClFN2O2S/c1-25(9-10-27-19-7-5-17(23)6-8-19)21(26)13-18-14-28-20(24-18)12-15-3-2-4-16(22)11-15/h2-8,11,14H,9-10,12-13H2,1H3. The van der Waals surface area contributed by atoms with Crippen molar-refractivity contribution in [3.8, 4) is 5.75 Å². The molecule has 1 amide bonds. The van der Waals surface area contributed by atoms with Crippen LogP contribution in [-0.2, 0) is 17.6 Å². The van der Waals surface area contributed by atoms with E-state index in [1.54, 1.807) is 24.1 Å². The molecule has 28 heavy (non-hydrogen) atoms. The molecule has 3 aromatic rings. The molecule has 4 nitrogen and oxygen atoms in total. The van der Waals surface area contributed by atoms with Gasteiger partial charge in [-0.2, -0.15) is 0 Å². The monoisotopic (exact) mass is 418 g/mol. The summed E-state index contributed by atoms with van der Waals surface area (Å²) >= 11 is 7.55. The Hall–Kier alpha value is -2.44. The summed E-state index contributed by atoms with van der Waals surface area (Å²) in [4.78, 5) is 18.5. The van der Waals surface area contributed by atoms with Crippen LogP contribution >= 0.6 is 22.9 Å². The van der Waals surface area contributed by atoms with Gasteiger partial charge < -0.3 is 9.64 Å². The number of rotatable bonds is 8. The van der Waals surface area contributed by atoms with Gasteiger partial charge >= 0.3 is 0 Å². The summed E-state index contributed by atoms with van der Waals surface area (Å²) in [6, 6.07) is 13.5. The lowest BCUT2D eigenvalue weighted by Gasteiger charge is -2.17. The smallest absolute Gasteiger partial charge is 0.228 e. The Morgan fingerprint density at radius 3 is 2.79 bits per heavy atom. The molecule has 0 bridgehead atoms. The lowest BCUT2D eigenvalue weighted by molar-refractivity contribution is -0.129. The number of carbonyl (C=O) groups is 1. The minimum Gasteiger partial charge on any atom is -0.492 e. The van der Waals surface area contributed by atoms with Gasteiger partial charge in [-0.05, 0) is 42.0 Å². The largest absolute Gasteiger partial charge is 0.492 e. The maximum atomic E-state index is 12.9. The van der Waals surface area contributed by atoms with Crippen LogP contribution in [-0.4, -0.2) is 36.0 Å². The molecule has 1 heterocycles. The fourth-order valence-corrected chi connectivity index (χ4v) is 3.62. The maximum absolute atomic E-state index is 12.9. The number of likely N-dealkylation sites (N-methyl/N-ethyl adjacent to an activating group) is 1. The predicted molar refractivity (Wildman–Crippen MR) is 110 cm³/mol. The lowest BCUT2D eigenvalue weighted by atomic mass is 10.2. The van der Waals surface area contributed by atoms with Gasteiger partial charge in [0.05, 0.1) is 23.7 Å². The molecule has 0 aliphatic carbocycles. The first kappa shape index (κ1) is 20.3. The Morgan fingerprint density at radius 1 is 1.25 bits per heavy atom. The number of nitrogens with zero attached hydrogens (tertiary/aromatic N) is 2. The first-order valence-electron chi connectivity index (χ1n) is 8.79. The molecule has 3 rings (SSSR count). The Kier molecular flexibility index (Phi) is 7.01. The van der Waals surface area contributed by atoms with Crippen LogP contribution in [0, 0.1) is 5.82 Å². The van der Waals surface area contributed by atoms with E-state index in [-0.39, 0.29) is 18.1 Å². The molecule has 0 N–H and O–H groups in total. The van der Waals surface area contributed by atoms with Crippen LogP contribution in [0.1, 0.15) is 16.3 Å². The zero-order valence-corrected chi connectivity index (χ0v) is 17.0. The van der Waals surface area contributed by atoms with Crippen LogP contribution in [0.4, 0.5) is 4.39 Å². The van der Waals surface area contributed by atoms with Crippen LogP contribution in [0.3, 0.4) is 0 Å². The topological polar surface area (TPSA) is 42.4 Å². The summed E-state index contributed by atoms with van der Waals surface area (Å²) in [5.41, 5.74) is 1.85. The van der Waals surface area contributed by atoms with Gasteiger partial charge in [-0.3, -0.25) is 4.79 Å². The predicted octanol–water partition coefficient (Wildman–Crippen LogP) is 4.61. The minimum absolute atomic E-state index is 0.0256. The van der Waals surface area contributed by atoms with Gasteiger partial charge in [0.2, 0.25) is 5.91 Å². The van der Waals surface area contributed by atoms with Crippen LogP contribution in [0.25, 0.3) is 0 Å². The average molecular weight is 419 g/mol. The molecular formula is C21H20ClFN2O2S. The number of thiazole rings is 1. The molecule has 0 radical (unpaired) electrons. The molecule has 0 unspecified atom stereocenters. The number of ether oxygens (including phenoxy) is 1. The van der Waals surface area contributed by atoms with Gasteiger partial charge in [0.15, 0.2) is 0 Å². The fourth-order valence-electron chi connectivity index (χ4n) is 2.58. The lowest BCUT2D eigenvalue weighted by Crippen LogP contribution is -2.32. The Bertz CT molecular complexity index is 930. The molecule has 0 aliphatic rings.